The largest absolute Gasteiger partial charge is 0.476 e. The lowest BCUT2D eigenvalue weighted by atomic mass is 9.96. The molecular formula is C14H20ClN3O2. The van der Waals surface area contributed by atoms with Gasteiger partial charge in [0.05, 0.1) is 25.6 Å². The van der Waals surface area contributed by atoms with Crippen molar-refractivity contribution in [1.82, 2.24) is 14.9 Å². The van der Waals surface area contributed by atoms with E-state index in [0.717, 1.165) is 32.8 Å². The average Bonchev–Trinajstić information content (AvgIpc) is 2.42. The average molecular weight is 298 g/mol. The molecule has 3 rings (SSSR count). The summed E-state index contributed by atoms with van der Waals surface area (Å²) in [5, 5.41) is 0.370. The van der Waals surface area contributed by atoms with Crippen LogP contribution in [-0.4, -0.2) is 54.3 Å². The molecule has 2 aliphatic heterocycles. The van der Waals surface area contributed by atoms with E-state index in [0.29, 0.717) is 29.5 Å². The van der Waals surface area contributed by atoms with Gasteiger partial charge in [0, 0.05) is 32.2 Å². The summed E-state index contributed by atoms with van der Waals surface area (Å²) in [7, 11) is 0. The van der Waals surface area contributed by atoms with Crippen molar-refractivity contribution in [2.75, 3.05) is 39.5 Å². The van der Waals surface area contributed by atoms with Crippen LogP contribution in [0.4, 0.5) is 0 Å². The van der Waals surface area contributed by atoms with Gasteiger partial charge >= 0.3 is 0 Å². The lowest BCUT2D eigenvalue weighted by molar-refractivity contribution is 0.00197. The minimum absolute atomic E-state index is 0.370. The smallest absolute Gasteiger partial charge is 0.233 e. The summed E-state index contributed by atoms with van der Waals surface area (Å²) in [5.41, 5.74) is 0. The molecular weight excluding hydrogens is 278 g/mol. The summed E-state index contributed by atoms with van der Waals surface area (Å²) in [6.07, 6.45) is 5.61. The number of nitrogens with zero attached hydrogens (tertiary/aromatic N) is 3. The molecule has 2 saturated heterocycles. The highest BCUT2D eigenvalue weighted by Gasteiger charge is 2.29. The maximum atomic E-state index is 5.77. The molecule has 0 bridgehead atoms. The Bertz CT molecular complexity index is 434. The molecule has 1 aromatic rings. The zero-order chi connectivity index (χ0) is 13.8. The van der Waals surface area contributed by atoms with Crippen molar-refractivity contribution in [2.24, 2.45) is 11.8 Å². The monoisotopic (exact) mass is 297 g/mol. The SMILES string of the molecule is Clc1cncc(OCC2CN(CC3CCCOC3)C2)n1. The third kappa shape index (κ3) is 3.81. The summed E-state index contributed by atoms with van der Waals surface area (Å²) >= 11 is 5.77. The molecule has 1 atom stereocenters. The van der Waals surface area contributed by atoms with E-state index in [1.807, 2.05) is 0 Å². The van der Waals surface area contributed by atoms with Crippen LogP contribution in [0.3, 0.4) is 0 Å². The second-order valence-electron chi connectivity index (χ2n) is 5.66. The van der Waals surface area contributed by atoms with E-state index in [1.165, 1.54) is 19.0 Å². The molecule has 0 amide bonds. The van der Waals surface area contributed by atoms with Gasteiger partial charge in [-0.25, -0.2) is 0 Å². The van der Waals surface area contributed by atoms with Gasteiger partial charge in [0.1, 0.15) is 0 Å². The van der Waals surface area contributed by atoms with Crippen LogP contribution in [0.15, 0.2) is 12.4 Å². The number of rotatable bonds is 5. The van der Waals surface area contributed by atoms with Gasteiger partial charge in [-0.2, -0.15) is 4.98 Å². The molecule has 0 N–H and O–H groups in total. The lowest BCUT2D eigenvalue weighted by Crippen LogP contribution is -2.51. The standard InChI is InChI=1S/C14H20ClN3O2/c15-13-4-16-5-14(17-13)20-10-12-7-18(8-12)6-11-2-1-3-19-9-11/h4-5,11-12H,1-3,6-10H2. The molecule has 5 nitrogen and oxygen atoms in total. The predicted octanol–water partition coefficient (Wildman–Crippen LogP) is 1.87. The Morgan fingerprint density at radius 2 is 2.25 bits per heavy atom. The van der Waals surface area contributed by atoms with E-state index in [4.69, 9.17) is 21.1 Å². The first-order chi connectivity index (χ1) is 9.79. The maximum Gasteiger partial charge on any atom is 0.233 e. The van der Waals surface area contributed by atoms with Gasteiger partial charge in [0.15, 0.2) is 5.15 Å². The van der Waals surface area contributed by atoms with Gasteiger partial charge in [-0.05, 0) is 18.8 Å². The van der Waals surface area contributed by atoms with Crippen molar-refractivity contribution >= 4 is 11.6 Å². The summed E-state index contributed by atoms with van der Waals surface area (Å²) < 4.78 is 11.1. The molecule has 0 saturated carbocycles. The zero-order valence-corrected chi connectivity index (χ0v) is 12.3. The van der Waals surface area contributed by atoms with Crippen molar-refractivity contribution < 1.29 is 9.47 Å². The molecule has 20 heavy (non-hydrogen) atoms. The summed E-state index contributed by atoms with van der Waals surface area (Å²) in [6, 6.07) is 0. The Hall–Kier alpha value is -0.910. The number of ether oxygens (including phenoxy) is 2. The van der Waals surface area contributed by atoms with E-state index in [9.17, 15) is 0 Å². The van der Waals surface area contributed by atoms with Gasteiger partial charge in [-0.3, -0.25) is 4.98 Å². The van der Waals surface area contributed by atoms with Crippen molar-refractivity contribution in [3.8, 4) is 5.88 Å². The third-order valence-corrected chi connectivity index (χ3v) is 4.04. The van der Waals surface area contributed by atoms with E-state index in [2.05, 4.69) is 14.9 Å². The van der Waals surface area contributed by atoms with Crippen LogP contribution in [-0.2, 0) is 4.74 Å². The van der Waals surface area contributed by atoms with Crippen LogP contribution in [0.25, 0.3) is 0 Å². The van der Waals surface area contributed by atoms with Gasteiger partial charge < -0.3 is 14.4 Å². The molecule has 1 aromatic heterocycles. The zero-order valence-electron chi connectivity index (χ0n) is 11.5. The molecule has 0 aliphatic carbocycles. The first-order valence-corrected chi connectivity index (χ1v) is 7.58. The number of likely N-dealkylation sites (tertiary alicyclic amines) is 1. The van der Waals surface area contributed by atoms with E-state index in [-0.39, 0.29) is 0 Å². The fourth-order valence-corrected chi connectivity index (χ4v) is 2.99. The number of hydrogen-bond donors (Lipinski definition) is 0. The van der Waals surface area contributed by atoms with E-state index >= 15 is 0 Å². The second kappa shape index (κ2) is 6.70. The minimum Gasteiger partial charge on any atom is -0.476 e. The number of aromatic nitrogens is 2. The van der Waals surface area contributed by atoms with Crippen LogP contribution in [0.1, 0.15) is 12.8 Å². The van der Waals surface area contributed by atoms with Crippen LogP contribution in [0.2, 0.25) is 5.15 Å². The summed E-state index contributed by atoms with van der Waals surface area (Å²) in [6.45, 7) is 5.92. The first kappa shape index (κ1) is 14.0. The topological polar surface area (TPSA) is 47.5 Å². The van der Waals surface area contributed by atoms with Crippen LogP contribution >= 0.6 is 11.6 Å². The number of halogens is 1. The van der Waals surface area contributed by atoms with Crippen molar-refractivity contribution in [3.05, 3.63) is 17.5 Å². The molecule has 0 aromatic carbocycles. The molecule has 0 radical (unpaired) electrons. The van der Waals surface area contributed by atoms with Crippen LogP contribution in [0.5, 0.6) is 5.88 Å². The van der Waals surface area contributed by atoms with Crippen LogP contribution < -0.4 is 4.74 Å². The third-order valence-electron chi connectivity index (χ3n) is 3.85. The molecule has 0 spiro atoms. The molecule has 3 heterocycles. The van der Waals surface area contributed by atoms with Crippen molar-refractivity contribution in [2.45, 2.75) is 12.8 Å². The summed E-state index contributed by atoms with van der Waals surface area (Å²) in [4.78, 5) is 10.5. The quantitative estimate of drug-likeness (QED) is 0.830. The fraction of sp³-hybridized carbons (Fsp3) is 0.714. The molecule has 6 heteroatoms. The maximum absolute atomic E-state index is 5.77. The first-order valence-electron chi connectivity index (χ1n) is 7.20. The van der Waals surface area contributed by atoms with Gasteiger partial charge in [-0.15, -0.1) is 0 Å². The van der Waals surface area contributed by atoms with E-state index in [1.54, 1.807) is 6.20 Å². The Kier molecular flexibility index (Phi) is 4.70. The Morgan fingerprint density at radius 1 is 1.35 bits per heavy atom. The summed E-state index contributed by atoms with van der Waals surface area (Å²) in [5.74, 6) is 1.81. The van der Waals surface area contributed by atoms with Crippen molar-refractivity contribution in [3.63, 3.8) is 0 Å². The highest BCUT2D eigenvalue weighted by Crippen LogP contribution is 2.22. The Balaban J connectivity index is 1.34. The lowest BCUT2D eigenvalue weighted by Gasteiger charge is -2.41. The highest BCUT2D eigenvalue weighted by molar-refractivity contribution is 6.29. The normalized spacial score (nSPS) is 24.4. The van der Waals surface area contributed by atoms with Gasteiger partial charge in [-0.1, -0.05) is 11.6 Å². The molecule has 2 aliphatic rings. The Labute approximate surface area is 124 Å². The van der Waals surface area contributed by atoms with E-state index < -0.39 is 0 Å². The number of hydrogen-bond acceptors (Lipinski definition) is 5. The van der Waals surface area contributed by atoms with Gasteiger partial charge in [0.2, 0.25) is 5.88 Å². The van der Waals surface area contributed by atoms with Crippen molar-refractivity contribution in [1.29, 1.82) is 0 Å². The molecule has 110 valence electrons. The predicted molar refractivity (Wildman–Crippen MR) is 76.0 cm³/mol. The Morgan fingerprint density at radius 3 is 3.00 bits per heavy atom. The van der Waals surface area contributed by atoms with Crippen LogP contribution in [0, 0.1) is 11.8 Å². The van der Waals surface area contributed by atoms with Gasteiger partial charge in [0.25, 0.3) is 0 Å². The fourth-order valence-electron chi connectivity index (χ4n) is 2.85. The second-order valence-corrected chi connectivity index (χ2v) is 6.05. The minimum atomic E-state index is 0.370. The molecule has 1 unspecified atom stereocenters. The highest BCUT2D eigenvalue weighted by atomic mass is 35.5. The molecule has 2 fully saturated rings.